The van der Waals surface area contributed by atoms with Crippen LogP contribution in [0.5, 0.6) is 0 Å². The maximum atomic E-state index is 5.74. The number of rotatable bonds is 8. The number of hydrogen-bond acceptors (Lipinski definition) is 3. The number of nitrogens with two attached hydrogens (primary N) is 1. The quantitative estimate of drug-likeness (QED) is 0.636. The van der Waals surface area contributed by atoms with Gasteiger partial charge in [0.1, 0.15) is 0 Å². The predicted octanol–water partition coefficient (Wildman–Crippen LogP) is 0.997. The molecule has 0 radical (unpaired) electrons. The van der Waals surface area contributed by atoms with Crippen LogP contribution in [-0.2, 0) is 0 Å². The molecule has 86 valence electrons. The lowest BCUT2D eigenvalue weighted by Crippen LogP contribution is -2.31. The third kappa shape index (κ3) is 8.48. The third-order valence-electron chi connectivity index (χ3n) is 2.43. The van der Waals surface area contributed by atoms with Crippen molar-refractivity contribution in [1.29, 1.82) is 0 Å². The molecular formula is C11H27N3. The summed E-state index contributed by atoms with van der Waals surface area (Å²) < 4.78 is 0. The van der Waals surface area contributed by atoms with Gasteiger partial charge in [0.25, 0.3) is 0 Å². The Morgan fingerprint density at radius 2 is 1.79 bits per heavy atom. The molecule has 3 nitrogen and oxygen atoms in total. The minimum absolute atomic E-state index is 0.331. The molecule has 1 unspecified atom stereocenters. The van der Waals surface area contributed by atoms with E-state index < -0.39 is 0 Å². The van der Waals surface area contributed by atoms with E-state index in [1.54, 1.807) is 0 Å². The van der Waals surface area contributed by atoms with E-state index in [9.17, 15) is 0 Å². The second-order valence-corrected chi connectivity index (χ2v) is 4.36. The molecule has 0 aromatic heterocycles. The van der Waals surface area contributed by atoms with Crippen LogP contribution in [-0.4, -0.2) is 56.1 Å². The molecule has 0 aliphatic rings. The van der Waals surface area contributed by atoms with E-state index in [-0.39, 0.29) is 0 Å². The van der Waals surface area contributed by atoms with Gasteiger partial charge < -0.3 is 15.5 Å². The topological polar surface area (TPSA) is 32.5 Å². The molecule has 0 saturated carbocycles. The molecule has 0 spiro atoms. The molecule has 1 atom stereocenters. The van der Waals surface area contributed by atoms with Crippen LogP contribution in [0.2, 0.25) is 0 Å². The Kier molecular flexibility index (Phi) is 8.14. The van der Waals surface area contributed by atoms with Crippen LogP contribution < -0.4 is 5.73 Å². The molecule has 0 aliphatic heterocycles. The van der Waals surface area contributed by atoms with E-state index in [4.69, 9.17) is 5.73 Å². The first kappa shape index (κ1) is 13.9. The first-order chi connectivity index (χ1) is 6.56. The van der Waals surface area contributed by atoms with E-state index in [0.717, 1.165) is 19.5 Å². The summed E-state index contributed by atoms with van der Waals surface area (Å²) >= 11 is 0. The Hall–Kier alpha value is -0.120. The van der Waals surface area contributed by atoms with Crippen molar-refractivity contribution in [3.8, 4) is 0 Å². The van der Waals surface area contributed by atoms with Crippen LogP contribution in [0.15, 0.2) is 0 Å². The highest BCUT2D eigenvalue weighted by Gasteiger charge is 2.03. The van der Waals surface area contributed by atoms with E-state index in [0.29, 0.717) is 6.04 Å². The van der Waals surface area contributed by atoms with Crippen molar-refractivity contribution >= 4 is 0 Å². The smallest absolute Gasteiger partial charge is 0.00226 e. The SMILES string of the molecule is CCN(CCCN(C)C)CCC(C)N. The normalized spacial score (nSPS) is 13.9. The van der Waals surface area contributed by atoms with Crippen molar-refractivity contribution < 1.29 is 0 Å². The van der Waals surface area contributed by atoms with E-state index in [2.05, 4.69) is 37.7 Å². The highest BCUT2D eigenvalue weighted by atomic mass is 15.1. The Morgan fingerprint density at radius 3 is 2.21 bits per heavy atom. The largest absolute Gasteiger partial charge is 0.328 e. The van der Waals surface area contributed by atoms with Gasteiger partial charge >= 0.3 is 0 Å². The molecule has 0 aromatic rings. The molecule has 2 N–H and O–H groups in total. The zero-order valence-corrected chi connectivity index (χ0v) is 10.3. The fraction of sp³-hybridized carbons (Fsp3) is 1.00. The molecule has 0 rings (SSSR count). The summed E-state index contributed by atoms with van der Waals surface area (Å²) in [6.07, 6.45) is 2.36. The van der Waals surface area contributed by atoms with Gasteiger partial charge in [-0.15, -0.1) is 0 Å². The first-order valence-corrected chi connectivity index (χ1v) is 5.69. The molecule has 0 fully saturated rings. The molecule has 0 aliphatic carbocycles. The van der Waals surface area contributed by atoms with Gasteiger partial charge in [0.05, 0.1) is 0 Å². The molecule has 14 heavy (non-hydrogen) atoms. The number of hydrogen-bond donors (Lipinski definition) is 1. The van der Waals surface area contributed by atoms with Gasteiger partial charge in [0, 0.05) is 6.04 Å². The average Bonchev–Trinajstić information content (AvgIpc) is 2.10. The summed E-state index contributed by atoms with van der Waals surface area (Å²) in [5.41, 5.74) is 5.74. The summed E-state index contributed by atoms with van der Waals surface area (Å²) in [6, 6.07) is 0.331. The Balaban J connectivity index is 3.48. The van der Waals surface area contributed by atoms with Gasteiger partial charge in [0.15, 0.2) is 0 Å². The van der Waals surface area contributed by atoms with Gasteiger partial charge in [-0.05, 0) is 60.0 Å². The first-order valence-electron chi connectivity index (χ1n) is 5.69. The van der Waals surface area contributed by atoms with Crippen LogP contribution in [0.1, 0.15) is 26.7 Å². The van der Waals surface area contributed by atoms with Crippen molar-refractivity contribution in [2.75, 3.05) is 40.3 Å². The van der Waals surface area contributed by atoms with E-state index in [1.807, 2.05) is 0 Å². The molecule has 0 saturated heterocycles. The van der Waals surface area contributed by atoms with Crippen molar-refractivity contribution in [3.63, 3.8) is 0 Å². The summed E-state index contributed by atoms with van der Waals surface area (Å²) in [7, 11) is 4.25. The van der Waals surface area contributed by atoms with Crippen LogP contribution in [0.3, 0.4) is 0 Å². The van der Waals surface area contributed by atoms with Gasteiger partial charge in [-0.3, -0.25) is 0 Å². The minimum Gasteiger partial charge on any atom is -0.328 e. The Bertz CT molecular complexity index is 124. The lowest BCUT2D eigenvalue weighted by Gasteiger charge is -2.22. The molecule has 0 bridgehead atoms. The minimum atomic E-state index is 0.331. The highest BCUT2D eigenvalue weighted by Crippen LogP contribution is 1.96. The zero-order chi connectivity index (χ0) is 11.0. The lowest BCUT2D eigenvalue weighted by molar-refractivity contribution is 0.259. The number of nitrogens with zero attached hydrogens (tertiary/aromatic N) is 2. The van der Waals surface area contributed by atoms with Gasteiger partial charge in [-0.1, -0.05) is 6.92 Å². The average molecular weight is 201 g/mol. The van der Waals surface area contributed by atoms with Crippen LogP contribution >= 0.6 is 0 Å². The predicted molar refractivity (Wildman–Crippen MR) is 63.6 cm³/mol. The molecule has 3 heteroatoms. The second kappa shape index (κ2) is 8.21. The van der Waals surface area contributed by atoms with Gasteiger partial charge in [-0.25, -0.2) is 0 Å². The monoisotopic (exact) mass is 201 g/mol. The summed E-state index contributed by atoms with van der Waals surface area (Å²) in [5.74, 6) is 0. The van der Waals surface area contributed by atoms with Gasteiger partial charge in [0.2, 0.25) is 0 Å². The Labute approximate surface area is 89.2 Å². The summed E-state index contributed by atoms with van der Waals surface area (Å²) in [6.45, 7) is 8.95. The highest BCUT2D eigenvalue weighted by molar-refractivity contribution is 4.61. The second-order valence-electron chi connectivity index (χ2n) is 4.36. The van der Waals surface area contributed by atoms with Crippen molar-refractivity contribution in [2.45, 2.75) is 32.7 Å². The van der Waals surface area contributed by atoms with Crippen LogP contribution in [0, 0.1) is 0 Å². The summed E-state index contributed by atoms with van der Waals surface area (Å²) in [4.78, 5) is 4.71. The molecular weight excluding hydrogens is 174 g/mol. The van der Waals surface area contributed by atoms with Crippen molar-refractivity contribution in [3.05, 3.63) is 0 Å². The Morgan fingerprint density at radius 1 is 1.14 bits per heavy atom. The van der Waals surface area contributed by atoms with E-state index in [1.165, 1.54) is 19.5 Å². The summed E-state index contributed by atoms with van der Waals surface area (Å²) in [5, 5.41) is 0. The molecule has 0 aromatic carbocycles. The molecule has 0 amide bonds. The van der Waals surface area contributed by atoms with Gasteiger partial charge in [-0.2, -0.15) is 0 Å². The fourth-order valence-corrected chi connectivity index (χ4v) is 1.42. The maximum Gasteiger partial charge on any atom is 0.00226 e. The zero-order valence-electron chi connectivity index (χ0n) is 10.3. The van der Waals surface area contributed by atoms with Crippen LogP contribution in [0.25, 0.3) is 0 Å². The van der Waals surface area contributed by atoms with Crippen LogP contribution in [0.4, 0.5) is 0 Å². The van der Waals surface area contributed by atoms with Crippen molar-refractivity contribution in [1.82, 2.24) is 9.80 Å². The molecule has 0 heterocycles. The fourth-order valence-electron chi connectivity index (χ4n) is 1.42. The maximum absolute atomic E-state index is 5.74. The standard InChI is InChI=1S/C11H27N3/c1-5-14(10-7-11(2)12)9-6-8-13(3)4/h11H,5-10,12H2,1-4H3. The lowest BCUT2D eigenvalue weighted by atomic mass is 10.2. The third-order valence-corrected chi connectivity index (χ3v) is 2.43. The van der Waals surface area contributed by atoms with Crippen molar-refractivity contribution in [2.24, 2.45) is 5.73 Å². The van der Waals surface area contributed by atoms with E-state index >= 15 is 0 Å².